The van der Waals surface area contributed by atoms with Gasteiger partial charge < -0.3 is 0 Å². The summed E-state index contributed by atoms with van der Waals surface area (Å²) in [7, 11) is 0. The number of aromatic nitrogens is 3. The molecule has 0 saturated carbocycles. The van der Waals surface area contributed by atoms with Crippen molar-refractivity contribution in [1.29, 1.82) is 0 Å². The Bertz CT molecular complexity index is 744. The molecular weight excluding hydrogens is 447 g/mol. The van der Waals surface area contributed by atoms with Crippen LogP contribution in [0.25, 0.3) is 12.2 Å². The molecule has 1 heterocycles. The number of alkyl halides is 6. The van der Waals surface area contributed by atoms with E-state index in [0.29, 0.717) is 0 Å². The molecule has 0 unspecified atom stereocenters. The quantitative estimate of drug-likeness (QED) is 0.392. The first kappa shape index (κ1) is 20.8. The summed E-state index contributed by atoms with van der Waals surface area (Å²) in [5, 5.41) is 0. The normalized spacial score (nSPS) is 12.6. The molecular formula is C16H11Cl6N3. The van der Waals surface area contributed by atoms with Crippen molar-refractivity contribution >= 4 is 81.8 Å². The molecule has 0 aliphatic carbocycles. The van der Waals surface area contributed by atoms with E-state index in [1.54, 1.807) is 12.2 Å². The molecule has 0 amide bonds. The summed E-state index contributed by atoms with van der Waals surface area (Å²) in [6.07, 6.45) is 6.05. The molecule has 3 nitrogen and oxygen atoms in total. The van der Waals surface area contributed by atoms with Crippen molar-refractivity contribution in [3.05, 3.63) is 65.5 Å². The average molecular weight is 458 g/mol. The van der Waals surface area contributed by atoms with Gasteiger partial charge in [0.25, 0.3) is 0 Å². The second kappa shape index (κ2) is 8.43. The van der Waals surface area contributed by atoms with Gasteiger partial charge in [-0.25, -0.2) is 15.0 Å². The van der Waals surface area contributed by atoms with Crippen molar-refractivity contribution in [3.8, 4) is 0 Å². The fourth-order valence-corrected chi connectivity index (χ4v) is 2.33. The van der Waals surface area contributed by atoms with Gasteiger partial charge in [-0.15, -0.1) is 6.58 Å². The minimum Gasteiger partial charge on any atom is -0.209 e. The van der Waals surface area contributed by atoms with Crippen LogP contribution in [-0.2, 0) is 14.0 Å². The number of nitrogens with zero attached hydrogens (tertiary/aromatic N) is 3. The number of halogens is 6. The van der Waals surface area contributed by atoms with Gasteiger partial charge in [0.2, 0.25) is 7.59 Å². The van der Waals surface area contributed by atoms with Crippen LogP contribution in [0.1, 0.15) is 28.6 Å². The Morgan fingerprint density at radius 2 is 1.32 bits per heavy atom. The Morgan fingerprint density at radius 3 is 1.76 bits per heavy atom. The molecule has 0 aliphatic heterocycles. The summed E-state index contributed by atoms with van der Waals surface area (Å²) in [4.78, 5) is 12.1. The topological polar surface area (TPSA) is 38.7 Å². The Morgan fingerprint density at radius 1 is 0.800 bits per heavy atom. The molecule has 0 saturated heterocycles. The average Bonchev–Trinajstić information content (AvgIpc) is 2.52. The van der Waals surface area contributed by atoms with Gasteiger partial charge in [-0.05, 0) is 23.6 Å². The van der Waals surface area contributed by atoms with Crippen molar-refractivity contribution in [2.45, 2.75) is 14.0 Å². The van der Waals surface area contributed by atoms with Crippen LogP contribution in [0, 0.1) is 0 Å². The third-order valence-corrected chi connectivity index (χ3v) is 3.96. The highest BCUT2D eigenvalue weighted by Gasteiger charge is 2.33. The third kappa shape index (κ3) is 6.28. The summed E-state index contributed by atoms with van der Waals surface area (Å²) in [6.45, 7) is 3.71. The molecule has 25 heavy (non-hydrogen) atoms. The van der Waals surface area contributed by atoms with Crippen LogP contribution in [0.4, 0.5) is 0 Å². The van der Waals surface area contributed by atoms with Gasteiger partial charge in [0.05, 0.1) is 0 Å². The predicted molar refractivity (Wildman–Crippen MR) is 108 cm³/mol. The highest BCUT2D eigenvalue weighted by molar-refractivity contribution is 6.67. The minimum atomic E-state index is -1.87. The zero-order valence-corrected chi connectivity index (χ0v) is 17.1. The van der Waals surface area contributed by atoms with Crippen molar-refractivity contribution in [2.24, 2.45) is 0 Å². The van der Waals surface area contributed by atoms with Gasteiger partial charge in [0, 0.05) is 0 Å². The molecule has 0 spiro atoms. The van der Waals surface area contributed by atoms with Gasteiger partial charge in [-0.2, -0.15) is 0 Å². The monoisotopic (exact) mass is 455 g/mol. The molecule has 2 rings (SSSR count). The van der Waals surface area contributed by atoms with Crippen molar-refractivity contribution < 1.29 is 0 Å². The summed E-state index contributed by atoms with van der Waals surface area (Å²) >= 11 is 35.0. The van der Waals surface area contributed by atoms with E-state index in [2.05, 4.69) is 21.5 Å². The van der Waals surface area contributed by atoms with E-state index in [1.165, 1.54) is 0 Å². The highest BCUT2D eigenvalue weighted by atomic mass is 35.6. The first-order valence-electron chi connectivity index (χ1n) is 6.88. The van der Waals surface area contributed by atoms with Gasteiger partial charge in [0.1, 0.15) is 0 Å². The van der Waals surface area contributed by atoms with Crippen LogP contribution in [0.15, 0.2) is 36.9 Å². The lowest BCUT2D eigenvalue weighted by atomic mass is 10.1. The Hall–Kier alpha value is -0.550. The molecule has 0 atom stereocenters. The van der Waals surface area contributed by atoms with E-state index in [-0.39, 0.29) is 17.5 Å². The van der Waals surface area contributed by atoms with E-state index in [0.717, 1.165) is 17.5 Å². The summed E-state index contributed by atoms with van der Waals surface area (Å²) in [5.74, 6) is -0.0579. The maximum atomic E-state index is 5.83. The number of allylic oxidation sites excluding steroid dienone is 1. The summed E-state index contributed by atoms with van der Waals surface area (Å²) in [6, 6.07) is 7.88. The van der Waals surface area contributed by atoms with Crippen molar-refractivity contribution in [3.63, 3.8) is 0 Å². The molecule has 1 aromatic heterocycles. The number of hydrogen-bond acceptors (Lipinski definition) is 3. The Balaban J connectivity index is 2.35. The van der Waals surface area contributed by atoms with Crippen LogP contribution >= 0.6 is 69.6 Å². The van der Waals surface area contributed by atoms with Crippen molar-refractivity contribution in [2.75, 3.05) is 0 Å². The third-order valence-electron chi connectivity index (χ3n) is 2.94. The lowest BCUT2D eigenvalue weighted by Crippen LogP contribution is -2.16. The largest absolute Gasteiger partial charge is 0.250 e. The minimum absolute atomic E-state index is 0.130. The molecule has 132 valence electrons. The smallest absolute Gasteiger partial charge is 0.209 e. The van der Waals surface area contributed by atoms with E-state index in [4.69, 9.17) is 69.6 Å². The van der Waals surface area contributed by atoms with E-state index in [1.807, 2.05) is 30.3 Å². The number of rotatable bonds is 4. The molecule has 2 aromatic rings. The standard InChI is InChI=1S/C16H11Cl6N3/c1-2-3-10-4-6-11(7-5-10)8-9-12-23-13(15(17,18)19)25-14(24-12)16(20,21)22/h2,4-9H,1,3H2/b9-8+. The number of benzene rings is 1. The fourth-order valence-electron chi connectivity index (χ4n) is 1.82. The predicted octanol–water partition coefficient (Wildman–Crippen LogP) is 6.42. The Labute approximate surface area is 175 Å². The molecule has 0 bridgehead atoms. The van der Waals surface area contributed by atoms with Crippen LogP contribution < -0.4 is 0 Å². The molecule has 1 aromatic carbocycles. The summed E-state index contributed by atoms with van der Waals surface area (Å²) in [5.41, 5.74) is 2.09. The maximum Gasteiger partial charge on any atom is 0.250 e. The molecule has 0 aliphatic rings. The first-order valence-corrected chi connectivity index (χ1v) is 9.15. The SMILES string of the molecule is C=CCc1ccc(/C=C/c2nc(C(Cl)(Cl)Cl)nc(C(Cl)(Cl)Cl)n2)cc1. The zero-order valence-electron chi connectivity index (χ0n) is 12.6. The van der Waals surface area contributed by atoms with Gasteiger partial charge in [0.15, 0.2) is 17.5 Å². The summed E-state index contributed by atoms with van der Waals surface area (Å²) < 4.78 is -3.74. The van der Waals surface area contributed by atoms with Gasteiger partial charge >= 0.3 is 0 Å². The van der Waals surface area contributed by atoms with E-state index in [9.17, 15) is 0 Å². The van der Waals surface area contributed by atoms with Crippen LogP contribution in [0.2, 0.25) is 0 Å². The second-order valence-corrected chi connectivity index (χ2v) is 9.47. The lowest BCUT2D eigenvalue weighted by molar-refractivity contribution is 0.835. The lowest BCUT2D eigenvalue weighted by Gasteiger charge is -2.14. The maximum absolute atomic E-state index is 5.83. The second-order valence-electron chi connectivity index (χ2n) is 4.90. The van der Waals surface area contributed by atoms with E-state index >= 15 is 0 Å². The number of hydrogen-bond donors (Lipinski definition) is 0. The van der Waals surface area contributed by atoms with Crippen LogP contribution in [0.5, 0.6) is 0 Å². The van der Waals surface area contributed by atoms with Crippen molar-refractivity contribution in [1.82, 2.24) is 15.0 Å². The van der Waals surface area contributed by atoms with Crippen LogP contribution in [-0.4, -0.2) is 15.0 Å². The highest BCUT2D eigenvalue weighted by Crippen LogP contribution is 2.39. The van der Waals surface area contributed by atoms with E-state index < -0.39 is 7.59 Å². The Kier molecular flexibility index (Phi) is 7.00. The van der Waals surface area contributed by atoms with Gasteiger partial charge in [-0.3, -0.25) is 0 Å². The molecule has 0 N–H and O–H groups in total. The van der Waals surface area contributed by atoms with Crippen LogP contribution in [0.3, 0.4) is 0 Å². The van der Waals surface area contributed by atoms with Gasteiger partial charge in [-0.1, -0.05) is 106 Å². The zero-order chi connectivity index (χ0) is 18.7. The fraction of sp³-hybridized carbons (Fsp3) is 0.188. The molecule has 9 heteroatoms. The molecule has 0 radical (unpaired) electrons. The molecule has 0 fully saturated rings. The first-order chi connectivity index (χ1) is 11.6.